The molecular weight excluding hydrogens is 286 g/mol. The van der Waals surface area contributed by atoms with Gasteiger partial charge >= 0.3 is 0 Å². The summed E-state index contributed by atoms with van der Waals surface area (Å²) in [6.07, 6.45) is 0.781. The third-order valence-corrected chi connectivity index (χ3v) is 4.06. The number of aromatic nitrogens is 2. The first-order valence-corrected chi connectivity index (χ1v) is 7.09. The van der Waals surface area contributed by atoms with Crippen molar-refractivity contribution in [1.82, 2.24) is 9.55 Å². The molecule has 0 aliphatic carbocycles. The topological polar surface area (TPSA) is 20.7 Å². The van der Waals surface area contributed by atoms with E-state index in [2.05, 4.69) is 10.4 Å². The van der Waals surface area contributed by atoms with Crippen molar-refractivity contribution in [2.45, 2.75) is 13.0 Å². The molecular formula is C13H10F2N2S2. The molecule has 3 rings (SSSR count). The second-order valence-electron chi connectivity index (χ2n) is 4.25. The highest BCUT2D eigenvalue weighted by atomic mass is 32.1. The fourth-order valence-electron chi connectivity index (χ4n) is 2.08. The lowest BCUT2D eigenvalue weighted by molar-refractivity contribution is 0.589. The molecule has 0 saturated heterocycles. The first kappa shape index (κ1) is 12.5. The van der Waals surface area contributed by atoms with Crippen molar-refractivity contribution in [2.75, 3.05) is 0 Å². The van der Waals surface area contributed by atoms with Crippen molar-refractivity contribution in [1.29, 1.82) is 0 Å². The van der Waals surface area contributed by atoms with Crippen LogP contribution in [-0.4, -0.2) is 9.55 Å². The Morgan fingerprint density at radius 2 is 2.16 bits per heavy atom. The predicted octanol–water partition coefficient (Wildman–Crippen LogP) is 4.28. The second kappa shape index (κ2) is 4.86. The van der Waals surface area contributed by atoms with Crippen LogP contribution in [0, 0.1) is 16.4 Å². The van der Waals surface area contributed by atoms with Gasteiger partial charge in [-0.15, -0.1) is 0 Å². The van der Waals surface area contributed by atoms with Crippen LogP contribution in [0.5, 0.6) is 0 Å². The van der Waals surface area contributed by atoms with Crippen molar-refractivity contribution >= 4 is 34.6 Å². The Morgan fingerprint density at radius 3 is 2.89 bits per heavy atom. The van der Waals surface area contributed by atoms with Crippen molar-refractivity contribution in [3.8, 4) is 0 Å². The molecule has 0 unspecified atom stereocenters. The molecule has 0 saturated carbocycles. The fraction of sp³-hybridized carbons (Fsp3) is 0.154. The monoisotopic (exact) mass is 296 g/mol. The standard InChI is InChI=1S/C13H10F2N2S2/c14-9-5-10(15)12-11(6-9)17(13(18)16-12)3-1-8-2-4-19-7-8/h2,4-7H,1,3H2,(H,16,18). The Balaban J connectivity index is 2.03. The molecule has 0 fully saturated rings. The van der Waals surface area contributed by atoms with E-state index in [-0.39, 0.29) is 5.52 Å². The molecule has 0 aliphatic rings. The van der Waals surface area contributed by atoms with Crippen LogP contribution in [0.15, 0.2) is 29.0 Å². The summed E-state index contributed by atoms with van der Waals surface area (Å²) in [6, 6.07) is 4.19. The maximum Gasteiger partial charge on any atom is 0.178 e. The van der Waals surface area contributed by atoms with E-state index in [9.17, 15) is 8.78 Å². The van der Waals surface area contributed by atoms with Gasteiger partial charge in [-0.2, -0.15) is 11.3 Å². The number of hydrogen-bond donors (Lipinski definition) is 1. The van der Waals surface area contributed by atoms with Gasteiger partial charge in [0.05, 0.1) is 5.52 Å². The first-order valence-electron chi connectivity index (χ1n) is 5.74. The van der Waals surface area contributed by atoms with E-state index in [0.29, 0.717) is 16.8 Å². The summed E-state index contributed by atoms with van der Waals surface area (Å²) in [5.41, 5.74) is 1.92. The van der Waals surface area contributed by atoms with E-state index >= 15 is 0 Å². The third kappa shape index (κ3) is 2.33. The summed E-state index contributed by atoms with van der Waals surface area (Å²) in [5.74, 6) is -1.21. The van der Waals surface area contributed by atoms with Crippen LogP contribution in [0.25, 0.3) is 11.0 Å². The SMILES string of the molecule is Fc1cc(F)c2[nH]c(=S)n(CCc3ccsc3)c2c1. The average molecular weight is 296 g/mol. The van der Waals surface area contributed by atoms with E-state index in [1.165, 1.54) is 11.6 Å². The zero-order valence-electron chi connectivity index (χ0n) is 9.82. The van der Waals surface area contributed by atoms with Crippen LogP contribution >= 0.6 is 23.6 Å². The number of halogens is 2. The molecule has 0 bridgehead atoms. The maximum atomic E-state index is 13.6. The van der Waals surface area contributed by atoms with Crippen LogP contribution in [0.4, 0.5) is 8.78 Å². The van der Waals surface area contributed by atoms with Gasteiger partial charge < -0.3 is 9.55 Å². The minimum absolute atomic E-state index is 0.261. The van der Waals surface area contributed by atoms with E-state index in [1.54, 1.807) is 15.9 Å². The molecule has 6 heteroatoms. The van der Waals surface area contributed by atoms with Crippen molar-refractivity contribution in [3.63, 3.8) is 0 Å². The van der Waals surface area contributed by atoms with Crippen LogP contribution in [0.1, 0.15) is 5.56 Å². The Morgan fingerprint density at radius 1 is 1.32 bits per heavy atom. The second-order valence-corrected chi connectivity index (χ2v) is 5.41. The van der Waals surface area contributed by atoms with Crippen molar-refractivity contribution < 1.29 is 8.78 Å². The number of imidazole rings is 1. The number of nitrogens with one attached hydrogen (secondary N) is 1. The number of nitrogens with zero attached hydrogens (tertiary/aromatic N) is 1. The molecule has 2 aromatic heterocycles. The minimum atomic E-state index is -0.615. The Bertz CT molecular complexity index is 772. The number of hydrogen-bond acceptors (Lipinski definition) is 2. The molecule has 2 nitrogen and oxygen atoms in total. The first-order chi connectivity index (χ1) is 9.15. The number of benzene rings is 1. The van der Waals surface area contributed by atoms with Gasteiger partial charge in [0.25, 0.3) is 0 Å². The zero-order valence-corrected chi connectivity index (χ0v) is 11.5. The number of rotatable bonds is 3. The third-order valence-electron chi connectivity index (χ3n) is 3.01. The molecule has 2 heterocycles. The number of fused-ring (bicyclic) bond motifs is 1. The predicted molar refractivity (Wildman–Crippen MR) is 75.1 cm³/mol. The number of thiophene rings is 1. The molecule has 0 spiro atoms. The van der Waals surface area contributed by atoms with Gasteiger partial charge in [0.1, 0.15) is 11.3 Å². The fourth-order valence-corrected chi connectivity index (χ4v) is 3.07. The van der Waals surface area contributed by atoms with Crippen LogP contribution in [0.2, 0.25) is 0 Å². The Kier molecular flexibility index (Phi) is 3.20. The molecule has 0 amide bonds. The lowest BCUT2D eigenvalue weighted by Gasteiger charge is -2.03. The normalized spacial score (nSPS) is 11.3. The molecule has 0 atom stereocenters. The van der Waals surface area contributed by atoms with Crippen LogP contribution < -0.4 is 0 Å². The summed E-state index contributed by atoms with van der Waals surface area (Å²) in [6.45, 7) is 0.596. The molecule has 1 aromatic carbocycles. The molecule has 3 aromatic rings. The smallest absolute Gasteiger partial charge is 0.178 e. The van der Waals surface area contributed by atoms with E-state index in [0.717, 1.165) is 12.5 Å². The summed E-state index contributed by atoms with van der Waals surface area (Å²) < 4.78 is 29.1. The van der Waals surface area contributed by atoms with Gasteiger partial charge in [0.15, 0.2) is 10.6 Å². The minimum Gasteiger partial charge on any atom is -0.328 e. The van der Waals surface area contributed by atoms with E-state index < -0.39 is 11.6 Å². The zero-order chi connectivity index (χ0) is 13.4. The van der Waals surface area contributed by atoms with Crippen LogP contribution in [-0.2, 0) is 13.0 Å². The molecule has 0 radical (unpaired) electrons. The highest BCUT2D eigenvalue weighted by Gasteiger charge is 2.10. The summed E-state index contributed by atoms with van der Waals surface area (Å²) >= 11 is 6.80. The molecule has 0 aliphatic heterocycles. The van der Waals surface area contributed by atoms with Gasteiger partial charge in [0, 0.05) is 12.6 Å². The van der Waals surface area contributed by atoms with Crippen LogP contribution in [0.3, 0.4) is 0 Å². The molecule has 98 valence electrons. The summed E-state index contributed by atoms with van der Waals surface area (Å²) in [4.78, 5) is 2.79. The highest BCUT2D eigenvalue weighted by Crippen LogP contribution is 2.20. The highest BCUT2D eigenvalue weighted by molar-refractivity contribution is 7.71. The molecule has 19 heavy (non-hydrogen) atoms. The number of aromatic amines is 1. The van der Waals surface area contributed by atoms with Gasteiger partial charge in [-0.05, 0) is 47.1 Å². The van der Waals surface area contributed by atoms with E-state index in [1.807, 2.05) is 11.4 Å². The van der Waals surface area contributed by atoms with Gasteiger partial charge in [0.2, 0.25) is 0 Å². The van der Waals surface area contributed by atoms with Gasteiger partial charge in [-0.25, -0.2) is 8.78 Å². The lowest BCUT2D eigenvalue weighted by atomic mass is 10.2. The maximum absolute atomic E-state index is 13.6. The average Bonchev–Trinajstić information content (AvgIpc) is 2.95. The number of aryl methyl sites for hydroxylation is 2. The van der Waals surface area contributed by atoms with Gasteiger partial charge in [-0.3, -0.25) is 0 Å². The summed E-state index contributed by atoms with van der Waals surface area (Å²) in [7, 11) is 0. The Hall–Kier alpha value is -1.53. The van der Waals surface area contributed by atoms with Crippen molar-refractivity contribution in [3.05, 3.63) is 50.9 Å². The number of H-pyrrole nitrogens is 1. The van der Waals surface area contributed by atoms with Gasteiger partial charge in [-0.1, -0.05) is 0 Å². The summed E-state index contributed by atoms with van der Waals surface area (Å²) in [5, 5.41) is 4.06. The largest absolute Gasteiger partial charge is 0.328 e. The Labute approximate surface area is 117 Å². The lowest BCUT2D eigenvalue weighted by Crippen LogP contribution is -2.01. The van der Waals surface area contributed by atoms with Crippen molar-refractivity contribution in [2.24, 2.45) is 0 Å². The van der Waals surface area contributed by atoms with E-state index in [4.69, 9.17) is 12.2 Å². The quantitative estimate of drug-likeness (QED) is 0.715. The molecule has 1 N–H and O–H groups in total.